The second-order valence-electron chi connectivity index (χ2n) is 7.20. The lowest BCUT2D eigenvalue weighted by atomic mass is 10.1. The molecule has 0 saturated heterocycles. The fraction of sp³-hybridized carbons (Fsp3) is 0.136. The Morgan fingerprint density at radius 3 is 2.73 bits per heavy atom. The molecule has 1 N–H and O–H groups in total. The average molecular weight is 455 g/mol. The van der Waals surface area contributed by atoms with E-state index in [0.717, 1.165) is 20.6 Å². The summed E-state index contributed by atoms with van der Waals surface area (Å²) in [6, 6.07) is 20.6. The Kier molecular flexibility index (Phi) is 4.96. The largest absolute Gasteiger partial charge is 0.779 e. The van der Waals surface area contributed by atoms with Gasteiger partial charge in [0.1, 0.15) is 19.3 Å². The standard InChI is InChI=1S/C22H19N2O3PS2/c1-23-20(30-19-11-10-15-6-2-3-7-16(15)22(19)23)14-21-24(12-13-28(25,26)27)17-8-4-5-9-18(17)29-21/h2-11,14H,12-13H2,1H3,(H-,25,26,27). The third kappa shape index (κ3) is 3.57. The van der Waals surface area contributed by atoms with Gasteiger partial charge >= 0.3 is 0 Å². The van der Waals surface area contributed by atoms with E-state index in [1.165, 1.54) is 21.0 Å². The topological polar surface area (TPSA) is 67.5 Å². The quantitative estimate of drug-likeness (QED) is 0.367. The first kappa shape index (κ1) is 19.8. The molecular formula is C22H19N2O3PS2. The predicted molar refractivity (Wildman–Crippen MR) is 123 cm³/mol. The Balaban J connectivity index is 1.61. The third-order valence-electron chi connectivity index (χ3n) is 5.23. The van der Waals surface area contributed by atoms with Crippen LogP contribution in [0, 0.1) is 0 Å². The molecule has 30 heavy (non-hydrogen) atoms. The normalized spacial score (nSPS) is 17.0. The molecule has 2 heterocycles. The molecule has 1 atom stereocenters. The van der Waals surface area contributed by atoms with Crippen LogP contribution in [-0.4, -0.2) is 17.6 Å². The summed E-state index contributed by atoms with van der Waals surface area (Å²) in [7, 11) is -2.27. The zero-order valence-corrected chi connectivity index (χ0v) is 18.7. The lowest BCUT2D eigenvalue weighted by molar-refractivity contribution is -0.641. The summed E-state index contributed by atoms with van der Waals surface area (Å²) in [5.41, 5.74) is 2.16. The van der Waals surface area contributed by atoms with E-state index < -0.39 is 7.60 Å². The van der Waals surface area contributed by atoms with Gasteiger partial charge in [-0.15, -0.1) is 0 Å². The highest BCUT2D eigenvalue weighted by atomic mass is 32.2. The number of anilines is 1. The van der Waals surface area contributed by atoms with Crippen molar-refractivity contribution in [3.8, 4) is 0 Å². The molecule has 0 radical (unpaired) electrons. The van der Waals surface area contributed by atoms with E-state index in [9.17, 15) is 14.4 Å². The summed E-state index contributed by atoms with van der Waals surface area (Å²) in [5.74, 6) is 0. The molecule has 4 aromatic rings. The van der Waals surface area contributed by atoms with Gasteiger partial charge in [-0.1, -0.05) is 59.5 Å². The van der Waals surface area contributed by atoms with Crippen molar-refractivity contribution in [2.24, 2.45) is 7.05 Å². The molecule has 5 rings (SSSR count). The van der Waals surface area contributed by atoms with Gasteiger partial charge in [0.2, 0.25) is 5.52 Å². The van der Waals surface area contributed by atoms with Crippen LogP contribution >= 0.6 is 30.7 Å². The molecule has 0 fully saturated rings. The number of aromatic nitrogens is 1. The van der Waals surface area contributed by atoms with E-state index >= 15 is 0 Å². The summed E-state index contributed by atoms with van der Waals surface area (Å²) < 4.78 is 14.8. The summed E-state index contributed by atoms with van der Waals surface area (Å²) in [4.78, 5) is 23.7. The molecule has 1 aliphatic rings. The first-order valence-electron chi connectivity index (χ1n) is 9.50. The monoisotopic (exact) mass is 454 g/mol. The Bertz CT molecular complexity index is 1360. The van der Waals surface area contributed by atoms with Crippen LogP contribution in [0.3, 0.4) is 0 Å². The van der Waals surface area contributed by atoms with Crippen LogP contribution in [0.2, 0.25) is 0 Å². The zero-order valence-electron chi connectivity index (χ0n) is 16.2. The zero-order chi connectivity index (χ0) is 20.9. The number of thiazole rings is 1. The highest BCUT2D eigenvalue weighted by Gasteiger charge is 2.27. The van der Waals surface area contributed by atoms with Crippen LogP contribution in [0.25, 0.3) is 27.1 Å². The molecule has 0 aliphatic carbocycles. The molecule has 0 spiro atoms. The van der Waals surface area contributed by atoms with Crippen molar-refractivity contribution in [2.45, 2.75) is 4.90 Å². The maximum Gasteiger partial charge on any atom is 0.265 e. The van der Waals surface area contributed by atoms with Crippen molar-refractivity contribution in [1.82, 2.24) is 0 Å². The number of rotatable bonds is 4. The summed E-state index contributed by atoms with van der Waals surface area (Å²) >= 11 is 3.33. The van der Waals surface area contributed by atoms with Gasteiger partial charge in [-0.3, -0.25) is 0 Å². The molecular weight excluding hydrogens is 435 g/mol. The fourth-order valence-electron chi connectivity index (χ4n) is 3.80. The Morgan fingerprint density at radius 1 is 1.13 bits per heavy atom. The second kappa shape index (κ2) is 7.52. The number of fused-ring (bicyclic) bond motifs is 4. The summed E-state index contributed by atoms with van der Waals surface area (Å²) in [6.07, 6.45) is 1.82. The van der Waals surface area contributed by atoms with Crippen molar-refractivity contribution >= 4 is 63.4 Å². The van der Waals surface area contributed by atoms with E-state index in [-0.39, 0.29) is 12.7 Å². The van der Waals surface area contributed by atoms with E-state index in [2.05, 4.69) is 48.0 Å². The molecule has 1 unspecified atom stereocenters. The minimum Gasteiger partial charge on any atom is -0.779 e. The minimum atomic E-state index is -4.33. The SMILES string of the molecule is C[n+]1c(/C=C2\Sc3ccccc3N2CCP(=O)([O-])O)sc2ccc3ccccc3c21. The maximum atomic E-state index is 11.4. The number of hydrogen-bond acceptors (Lipinski definition) is 5. The number of para-hydroxylation sites is 1. The van der Waals surface area contributed by atoms with Gasteiger partial charge in [0.05, 0.1) is 22.2 Å². The van der Waals surface area contributed by atoms with Crippen molar-refractivity contribution in [3.05, 3.63) is 70.7 Å². The first-order valence-corrected chi connectivity index (χ1v) is 12.9. The van der Waals surface area contributed by atoms with Gasteiger partial charge in [-0.25, -0.2) is 0 Å². The molecule has 8 heteroatoms. The molecule has 0 amide bonds. The maximum absolute atomic E-state index is 11.4. The van der Waals surface area contributed by atoms with E-state index in [1.54, 1.807) is 23.1 Å². The number of thioether (sulfide) groups is 1. The van der Waals surface area contributed by atoms with Gasteiger partial charge in [0.15, 0.2) is 0 Å². The fourth-order valence-corrected chi connectivity index (χ4v) is 6.56. The van der Waals surface area contributed by atoms with E-state index in [4.69, 9.17) is 0 Å². The molecule has 0 saturated carbocycles. The third-order valence-corrected chi connectivity index (χ3v) is 8.26. The molecule has 5 nitrogen and oxygen atoms in total. The Labute approximate surface area is 182 Å². The van der Waals surface area contributed by atoms with Crippen LogP contribution in [0.4, 0.5) is 5.69 Å². The molecule has 152 valence electrons. The Hall–Kier alpha value is -2.15. The van der Waals surface area contributed by atoms with Crippen LogP contribution in [0.5, 0.6) is 0 Å². The van der Waals surface area contributed by atoms with Crippen LogP contribution < -0.4 is 14.4 Å². The second-order valence-corrected chi connectivity index (χ2v) is 11.0. The van der Waals surface area contributed by atoms with E-state index in [1.807, 2.05) is 35.2 Å². The smallest absolute Gasteiger partial charge is 0.265 e. The number of hydrogen-bond donors (Lipinski definition) is 1. The van der Waals surface area contributed by atoms with Crippen LogP contribution in [0.15, 0.2) is 70.6 Å². The van der Waals surface area contributed by atoms with Gasteiger partial charge < -0.3 is 19.3 Å². The predicted octanol–water partition coefficient (Wildman–Crippen LogP) is 4.34. The number of benzene rings is 3. The average Bonchev–Trinajstić information content (AvgIpc) is 3.23. The minimum absolute atomic E-state index is 0.213. The number of nitrogens with zero attached hydrogens (tertiary/aromatic N) is 2. The number of aryl methyl sites for hydroxylation is 1. The van der Waals surface area contributed by atoms with Gasteiger partial charge in [-0.05, 0) is 29.7 Å². The van der Waals surface area contributed by atoms with Crippen LogP contribution in [-0.2, 0) is 11.6 Å². The molecule has 1 aromatic heterocycles. The highest BCUT2D eigenvalue weighted by Crippen LogP contribution is 2.47. The first-order chi connectivity index (χ1) is 14.4. The molecule has 1 aliphatic heterocycles. The van der Waals surface area contributed by atoms with Crippen molar-refractivity contribution in [3.63, 3.8) is 0 Å². The summed E-state index contributed by atoms with van der Waals surface area (Å²) in [5, 5.41) is 4.45. The van der Waals surface area contributed by atoms with Crippen molar-refractivity contribution < 1.29 is 18.9 Å². The lowest BCUT2D eigenvalue weighted by Crippen LogP contribution is -2.30. The lowest BCUT2D eigenvalue weighted by Gasteiger charge is -2.23. The Morgan fingerprint density at radius 2 is 1.90 bits per heavy atom. The molecule has 0 bridgehead atoms. The van der Waals surface area contributed by atoms with E-state index in [0.29, 0.717) is 0 Å². The van der Waals surface area contributed by atoms with Crippen molar-refractivity contribution in [1.29, 1.82) is 0 Å². The van der Waals surface area contributed by atoms with Crippen LogP contribution in [0.1, 0.15) is 5.01 Å². The summed E-state index contributed by atoms with van der Waals surface area (Å²) in [6.45, 7) is 0.213. The van der Waals surface area contributed by atoms with Crippen molar-refractivity contribution in [2.75, 3.05) is 17.6 Å². The van der Waals surface area contributed by atoms with Gasteiger partial charge in [-0.2, -0.15) is 4.57 Å². The highest BCUT2D eigenvalue weighted by molar-refractivity contribution is 8.03. The molecule has 3 aromatic carbocycles. The van der Waals surface area contributed by atoms with Gasteiger partial charge in [0, 0.05) is 17.6 Å². The van der Waals surface area contributed by atoms with Gasteiger partial charge in [0.25, 0.3) is 5.01 Å².